The number of rotatable bonds is 0. The molecule has 1 fully saturated rings. The molecular formula is C10H19NO. The number of hydrogen-bond acceptors (Lipinski definition) is 2. The number of hydrogen-bond donors (Lipinski definition) is 0. The Hall–Kier alpha value is -0.370. The summed E-state index contributed by atoms with van der Waals surface area (Å²) in [6.07, 6.45) is 1.74. The van der Waals surface area contributed by atoms with E-state index in [2.05, 4.69) is 25.8 Å². The summed E-state index contributed by atoms with van der Waals surface area (Å²) in [6.45, 7) is 6.38. The Morgan fingerprint density at radius 3 is 2.42 bits per heavy atom. The molecule has 0 aromatic heterocycles. The lowest BCUT2D eigenvalue weighted by atomic mass is 9.98. The first kappa shape index (κ1) is 9.72. The van der Waals surface area contributed by atoms with Crippen molar-refractivity contribution in [2.24, 2.45) is 5.92 Å². The smallest absolute Gasteiger partial charge is 0.137 e. The minimum absolute atomic E-state index is 0.257. The summed E-state index contributed by atoms with van der Waals surface area (Å²) in [5, 5.41) is 0. The van der Waals surface area contributed by atoms with Crippen molar-refractivity contribution in [3.63, 3.8) is 0 Å². The molecule has 2 heteroatoms. The van der Waals surface area contributed by atoms with Crippen LogP contribution in [0.4, 0.5) is 0 Å². The Labute approximate surface area is 74.9 Å². The van der Waals surface area contributed by atoms with Crippen LogP contribution in [-0.4, -0.2) is 29.8 Å². The quantitative estimate of drug-likeness (QED) is 0.550. The highest BCUT2D eigenvalue weighted by atomic mass is 16.1. The van der Waals surface area contributed by atoms with Crippen LogP contribution >= 0.6 is 0 Å². The van der Waals surface area contributed by atoms with Crippen LogP contribution in [0, 0.1) is 5.92 Å². The summed E-state index contributed by atoms with van der Waals surface area (Å²) < 4.78 is 0. The van der Waals surface area contributed by atoms with Crippen LogP contribution < -0.4 is 0 Å². The maximum absolute atomic E-state index is 11.5. The van der Waals surface area contributed by atoms with Gasteiger partial charge in [0.2, 0.25) is 0 Å². The molecule has 1 heterocycles. The van der Waals surface area contributed by atoms with Gasteiger partial charge < -0.3 is 4.90 Å². The van der Waals surface area contributed by atoms with Gasteiger partial charge in [-0.25, -0.2) is 0 Å². The average molecular weight is 169 g/mol. The summed E-state index contributed by atoms with van der Waals surface area (Å²) in [7, 11) is 2.11. The number of ketones is 1. The molecule has 3 atom stereocenters. The van der Waals surface area contributed by atoms with E-state index in [-0.39, 0.29) is 5.92 Å². The van der Waals surface area contributed by atoms with Crippen LogP contribution in [0.5, 0.6) is 0 Å². The molecule has 12 heavy (non-hydrogen) atoms. The topological polar surface area (TPSA) is 20.3 Å². The molecule has 0 aromatic carbocycles. The third kappa shape index (κ3) is 1.86. The molecular weight excluding hydrogens is 150 g/mol. The second kappa shape index (κ2) is 3.56. The first-order chi connectivity index (χ1) is 5.52. The Balaban J connectivity index is 2.71. The summed E-state index contributed by atoms with van der Waals surface area (Å²) in [4.78, 5) is 13.8. The Bertz CT molecular complexity index is 179. The highest BCUT2D eigenvalue weighted by molar-refractivity contribution is 5.81. The van der Waals surface area contributed by atoms with Gasteiger partial charge in [-0.1, -0.05) is 6.92 Å². The molecule has 0 N–H and O–H groups in total. The molecule has 0 bridgehead atoms. The zero-order valence-corrected chi connectivity index (χ0v) is 8.50. The second-order valence-electron chi connectivity index (χ2n) is 4.17. The minimum atomic E-state index is 0.257. The fourth-order valence-corrected chi connectivity index (χ4v) is 1.88. The summed E-state index contributed by atoms with van der Waals surface area (Å²) in [5.74, 6) is 0.686. The Kier molecular flexibility index (Phi) is 2.89. The molecule has 2 nitrogen and oxygen atoms in total. The van der Waals surface area contributed by atoms with Crippen molar-refractivity contribution in [1.29, 1.82) is 0 Å². The van der Waals surface area contributed by atoms with Crippen LogP contribution in [0.3, 0.4) is 0 Å². The number of carbonyl (C=O) groups is 1. The van der Waals surface area contributed by atoms with Gasteiger partial charge in [-0.3, -0.25) is 4.79 Å². The third-order valence-electron chi connectivity index (χ3n) is 3.13. The lowest BCUT2D eigenvalue weighted by Gasteiger charge is -2.27. The SMILES string of the molecule is CC1CC(C)N(C)C(C)CC1=O. The molecule has 0 spiro atoms. The van der Waals surface area contributed by atoms with Gasteiger partial charge in [0.05, 0.1) is 0 Å². The third-order valence-corrected chi connectivity index (χ3v) is 3.13. The summed E-state index contributed by atoms with van der Waals surface area (Å²) in [6, 6.07) is 0.957. The average Bonchev–Trinajstić information content (AvgIpc) is 2.07. The van der Waals surface area contributed by atoms with E-state index in [1.165, 1.54) is 0 Å². The lowest BCUT2D eigenvalue weighted by Crippen LogP contribution is -2.35. The van der Waals surface area contributed by atoms with E-state index < -0.39 is 0 Å². The van der Waals surface area contributed by atoms with Crippen LogP contribution in [0.25, 0.3) is 0 Å². The Morgan fingerprint density at radius 2 is 1.83 bits per heavy atom. The second-order valence-corrected chi connectivity index (χ2v) is 4.17. The molecule has 3 unspecified atom stereocenters. The van der Waals surface area contributed by atoms with E-state index in [0.29, 0.717) is 17.9 Å². The fraction of sp³-hybridized carbons (Fsp3) is 0.900. The van der Waals surface area contributed by atoms with Gasteiger partial charge in [-0.05, 0) is 27.3 Å². The number of Topliss-reactive ketones (excluding diaryl/α,β-unsaturated/α-hetero) is 1. The van der Waals surface area contributed by atoms with Crippen molar-refractivity contribution in [2.75, 3.05) is 7.05 Å². The normalized spacial score (nSPS) is 39.7. The van der Waals surface area contributed by atoms with Crippen molar-refractivity contribution in [1.82, 2.24) is 4.90 Å². The first-order valence-corrected chi connectivity index (χ1v) is 4.77. The van der Waals surface area contributed by atoms with Gasteiger partial charge in [0.1, 0.15) is 5.78 Å². The molecule has 0 amide bonds. The van der Waals surface area contributed by atoms with Crippen molar-refractivity contribution in [3.8, 4) is 0 Å². The molecule has 0 aromatic rings. The van der Waals surface area contributed by atoms with Gasteiger partial charge in [-0.2, -0.15) is 0 Å². The van der Waals surface area contributed by atoms with Crippen LogP contribution in [0.1, 0.15) is 33.6 Å². The summed E-state index contributed by atoms with van der Waals surface area (Å²) >= 11 is 0. The van der Waals surface area contributed by atoms with Crippen LogP contribution in [0.15, 0.2) is 0 Å². The van der Waals surface area contributed by atoms with Crippen molar-refractivity contribution in [2.45, 2.75) is 45.7 Å². The molecule has 1 aliphatic heterocycles. The van der Waals surface area contributed by atoms with Crippen LogP contribution in [-0.2, 0) is 4.79 Å². The standard InChI is InChI=1S/C10H19NO/c1-7-5-8(2)11(4)9(3)6-10(7)12/h7-9H,5-6H2,1-4H3. The highest BCUT2D eigenvalue weighted by Gasteiger charge is 2.27. The molecule has 0 radical (unpaired) electrons. The Morgan fingerprint density at radius 1 is 1.25 bits per heavy atom. The molecule has 0 aliphatic carbocycles. The van der Waals surface area contributed by atoms with Gasteiger partial charge in [0.25, 0.3) is 0 Å². The number of likely N-dealkylation sites (tertiary alicyclic amines) is 1. The molecule has 70 valence electrons. The number of carbonyl (C=O) groups excluding carboxylic acids is 1. The molecule has 0 saturated carbocycles. The molecule has 1 aliphatic rings. The first-order valence-electron chi connectivity index (χ1n) is 4.77. The van der Waals surface area contributed by atoms with E-state index >= 15 is 0 Å². The van der Waals surface area contributed by atoms with Crippen LogP contribution in [0.2, 0.25) is 0 Å². The largest absolute Gasteiger partial charge is 0.301 e. The fourth-order valence-electron chi connectivity index (χ4n) is 1.88. The van der Waals surface area contributed by atoms with E-state index in [1.807, 2.05) is 6.92 Å². The van der Waals surface area contributed by atoms with Gasteiger partial charge in [0.15, 0.2) is 0 Å². The van der Waals surface area contributed by atoms with Gasteiger partial charge in [-0.15, -0.1) is 0 Å². The monoisotopic (exact) mass is 169 g/mol. The predicted molar refractivity (Wildman–Crippen MR) is 50.1 cm³/mol. The number of nitrogens with zero attached hydrogens (tertiary/aromatic N) is 1. The van der Waals surface area contributed by atoms with Gasteiger partial charge in [0, 0.05) is 24.4 Å². The highest BCUT2D eigenvalue weighted by Crippen LogP contribution is 2.21. The maximum Gasteiger partial charge on any atom is 0.137 e. The van der Waals surface area contributed by atoms with Crippen molar-refractivity contribution >= 4 is 5.78 Å². The predicted octanol–water partition coefficient (Wildman–Crippen LogP) is 1.69. The summed E-state index contributed by atoms with van der Waals surface area (Å²) in [5.41, 5.74) is 0. The molecule has 1 saturated heterocycles. The zero-order chi connectivity index (χ0) is 9.30. The van der Waals surface area contributed by atoms with E-state index in [1.54, 1.807) is 0 Å². The lowest BCUT2D eigenvalue weighted by molar-refractivity contribution is -0.122. The van der Waals surface area contributed by atoms with E-state index in [0.717, 1.165) is 12.8 Å². The zero-order valence-electron chi connectivity index (χ0n) is 8.50. The molecule has 1 rings (SSSR count). The van der Waals surface area contributed by atoms with Gasteiger partial charge >= 0.3 is 0 Å². The maximum atomic E-state index is 11.5. The van der Waals surface area contributed by atoms with Crippen molar-refractivity contribution in [3.05, 3.63) is 0 Å². The van der Waals surface area contributed by atoms with E-state index in [4.69, 9.17) is 0 Å². The minimum Gasteiger partial charge on any atom is -0.301 e. The van der Waals surface area contributed by atoms with Crippen molar-refractivity contribution < 1.29 is 4.79 Å². The van der Waals surface area contributed by atoms with E-state index in [9.17, 15) is 4.79 Å².